The predicted octanol–water partition coefficient (Wildman–Crippen LogP) is 4.96. The molecule has 2 amide bonds. The number of carbonyl (C=O) groups is 2. The molecule has 154 valence electrons. The highest BCUT2D eigenvalue weighted by Crippen LogP contribution is 2.36. The van der Waals surface area contributed by atoms with Crippen molar-refractivity contribution in [3.05, 3.63) is 82.6 Å². The third kappa shape index (κ3) is 3.23. The Morgan fingerprint density at radius 2 is 1.61 bits per heavy atom. The lowest BCUT2D eigenvalue weighted by atomic mass is 10.1. The van der Waals surface area contributed by atoms with Gasteiger partial charge in [0, 0.05) is 11.6 Å². The minimum atomic E-state index is -0.421. The maximum atomic E-state index is 14.1. The molecule has 4 aromatic rings. The zero-order valence-electron chi connectivity index (χ0n) is 16.0. The van der Waals surface area contributed by atoms with Gasteiger partial charge in [0.2, 0.25) is 0 Å². The number of carbonyl (C=O) groups excluding carboxylic acids is 2. The van der Waals surface area contributed by atoms with Crippen molar-refractivity contribution >= 4 is 34.4 Å². The van der Waals surface area contributed by atoms with Gasteiger partial charge in [0.05, 0.1) is 28.1 Å². The van der Waals surface area contributed by atoms with Crippen LogP contribution in [-0.2, 0) is 0 Å². The molecule has 0 aliphatic carbocycles. The van der Waals surface area contributed by atoms with Crippen molar-refractivity contribution < 1.29 is 23.2 Å². The zero-order valence-corrected chi connectivity index (χ0v) is 16.7. The number of hydrogen-bond acceptors (Lipinski definition) is 5. The molecule has 1 aliphatic heterocycles. The summed E-state index contributed by atoms with van der Waals surface area (Å²) in [4.78, 5) is 26.0. The van der Waals surface area contributed by atoms with Gasteiger partial charge in [-0.25, -0.2) is 4.39 Å². The van der Waals surface area contributed by atoms with E-state index in [9.17, 15) is 14.0 Å². The molecular weight excluding hydrogens is 423 g/mol. The summed E-state index contributed by atoms with van der Waals surface area (Å²) in [5.74, 6) is -0.817. The van der Waals surface area contributed by atoms with Crippen LogP contribution in [0.15, 0.2) is 65.2 Å². The summed E-state index contributed by atoms with van der Waals surface area (Å²) in [6, 6.07) is 16.1. The molecule has 6 nitrogen and oxygen atoms in total. The first-order valence-electron chi connectivity index (χ1n) is 9.46. The van der Waals surface area contributed by atoms with Gasteiger partial charge in [-0.3, -0.25) is 14.5 Å². The van der Waals surface area contributed by atoms with E-state index in [0.29, 0.717) is 39.1 Å². The number of nitrogens with zero attached hydrogens (tertiary/aromatic N) is 2. The first kappa shape index (κ1) is 19.3. The second-order valence-corrected chi connectivity index (χ2v) is 7.35. The molecule has 0 N–H and O–H groups in total. The SMILES string of the molecule is O=C1c2ccccc2C(=O)N1CCOc1cc2onc(-c3ccccc3F)c2cc1Cl. The summed E-state index contributed by atoms with van der Waals surface area (Å²) >= 11 is 6.35. The first-order chi connectivity index (χ1) is 15.0. The molecule has 0 atom stereocenters. The van der Waals surface area contributed by atoms with Crippen LogP contribution in [0.2, 0.25) is 5.02 Å². The smallest absolute Gasteiger partial charge is 0.261 e. The molecule has 0 spiro atoms. The van der Waals surface area contributed by atoms with Crippen LogP contribution in [0.5, 0.6) is 5.75 Å². The molecule has 0 bridgehead atoms. The van der Waals surface area contributed by atoms with Crippen molar-refractivity contribution in [1.29, 1.82) is 0 Å². The van der Waals surface area contributed by atoms with Crippen LogP contribution >= 0.6 is 11.6 Å². The molecular formula is C23H14ClFN2O4. The van der Waals surface area contributed by atoms with Crippen LogP contribution in [0, 0.1) is 5.82 Å². The minimum Gasteiger partial charge on any atom is -0.490 e. The molecule has 0 fully saturated rings. The average molecular weight is 437 g/mol. The van der Waals surface area contributed by atoms with Gasteiger partial charge >= 0.3 is 0 Å². The van der Waals surface area contributed by atoms with Gasteiger partial charge in [-0.15, -0.1) is 0 Å². The Kier molecular flexibility index (Phi) is 4.67. The van der Waals surface area contributed by atoms with Crippen LogP contribution in [0.1, 0.15) is 20.7 Å². The van der Waals surface area contributed by atoms with E-state index in [1.165, 1.54) is 6.07 Å². The Balaban J connectivity index is 1.34. The van der Waals surface area contributed by atoms with Gasteiger partial charge in [-0.1, -0.05) is 41.0 Å². The molecule has 0 radical (unpaired) electrons. The summed E-state index contributed by atoms with van der Waals surface area (Å²) < 4.78 is 25.2. The van der Waals surface area contributed by atoms with Crippen molar-refractivity contribution in [2.45, 2.75) is 0 Å². The van der Waals surface area contributed by atoms with Crippen LogP contribution in [-0.4, -0.2) is 35.0 Å². The number of amides is 2. The monoisotopic (exact) mass is 436 g/mol. The lowest BCUT2D eigenvalue weighted by molar-refractivity contribution is 0.0631. The Bertz CT molecular complexity index is 1320. The highest BCUT2D eigenvalue weighted by atomic mass is 35.5. The highest BCUT2D eigenvalue weighted by Gasteiger charge is 2.34. The fraction of sp³-hybridized carbons (Fsp3) is 0.0870. The normalized spacial score (nSPS) is 13.2. The van der Waals surface area contributed by atoms with Gasteiger partial charge in [0.25, 0.3) is 11.8 Å². The summed E-state index contributed by atoms with van der Waals surface area (Å²) in [5, 5.41) is 4.79. The molecule has 3 aromatic carbocycles. The highest BCUT2D eigenvalue weighted by molar-refractivity contribution is 6.33. The van der Waals surface area contributed by atoms with Crippen LogP contribution in [0.4, 0.5) is 4.39 Å². The third-order valence-electron chi connectivity index (χ3n) is 5.10. The second kappa shape index (κ2) is 7.52. The number of aromatic nitrogens is 1. The minimum absolute atomic E-state index is 0.0466. The van der Waals surface area contributed by atoms with Gasteiger partial charge in [-0.2, -0.15) is 0 Å². The molecule has 5 rings (SSSR count). The van der Waals surface area contributed by atoms with Crippen molar-refractivity contribution in [2.75, 3.05) is 13.2 Å². The number of halogens is 2. The van der Waals surface area contributed by atoms with Crippen LogP contribution < -0.4 is 4.74 Å². The van der Waals surface area contributed by atoms with E-state index < -0.39 is 5.82 Å². The number of benzene rings is 3. The van der Waals surface area contributed by atoms with Crippen LogP contribution in [0.25, 0.3) is 22.2 Å². The van der Waals surface area contributed by atoms with Gasteiger partial charge in [-0.05, 0) is 30.3 Å². The van der Waals surface area contributed by atoms with Gasteiger partial charge < -0.3 is 9.26 Å². The topological polar surface area (TPSA) is 72.6 Å². The van der Waals surface area contributed by atoms with Gasteiger partial charge in [0.15, 0.2) is 5.58 Å². The van der Waals surface area contributed by atoms with E-state index in [1.54, 1.807) is 54.6 Å². The standard InChI is InChI=1S/C23H14ClFN2O4/c24-17-11-16-19(31-26-21(16)15-7-3-4-8-18(15)25)12-20(17)30-10-9-27-22(28)13-5-1-2-6-14(13)23(27)29/h1-8,11-12H,9-10H2. The largest absolute Gasteiger partial charge is 0.490 e. The Labute approximate surface area is 180 Å². The quantitative estimate of drug-likeness (QED) is 0.413. The maximum Gasteiger partial charge on any atom is 0.261 e. The van der Waals surface area contributed by atoms with E-state index >= 15 is 0 Å². The van der Waals surface area contributed by atoms with E-state index in [2.05, 4.69) is 5.16 Å². The van der Waals surface area contributed by atoms with Crippen molar-refractivity contribution in [2.24, 2.45) is 0 Å². The fourth-order valence-electron chi connectivity index (χ4n) is 3.59. The van der Waals surface area contributed by atoms with E-state index in [0.717, 1.165) is 4.90 Å². The first-order valence-corrected chi connectivity index (χ1v) is 9.84. The van der Waals surface area contributed by atoms with Crippen molar-refractivity contribution in [1.82, 2.24) is 10.1 Å². The molecule has 0 saturated heterocycles. The maximum absolute atomic E-state index is 14.1. The van der Waals surface area contributed by atoms with E-state index in [1.807, 2.05) is 0 Å². The second-order valence-electron chi connectivity index (χ2n) is 6.95. The molecule has 2 heterocycles. The molecule has 1 aliphatic rings. The lowest BCUT2D eigenvalue weighted by Crippen LogP contribution is -2.33. The Hall–Kier alpha value is -3.71. The Morgan fingerprint density at radius 1 is 0.968 bits per heavy atom. The lowest BCUT2D eigenvalue weighted by Gasteiger charge is -2.15. The Morgan fingerprint density at radius 3 is 2.29 bits per heavy atom. The van der Waals surface area contributed by atoms with Crippen molar-refractivity contribution in [3.63, 3.8) is 0 Å². The number of ether oxygens (including phenoxy) is 1. The number of imide groups is 1. The van der Waals surface area contributed by atoms with E-state index in [4.69, 9.17) is 20.9 Å². The number of fused-ring (bicyclic) bond motifs is 2. The van der Waals surface area contributed by atoms with Crippen LogP contribution in [0.3, 0.4) is 0 Å². The van der Waals surface area contributed by atoms with E-state index in [-0.39, 0.29) is 30.0 Å². The molecule has 8 heteroatoms. The summed E-state index contributed by atoms with van der Waals surface area (Å²) in [7, 11) is 0. The molecule has 0 unspecified atom stereocenters. The summed E-state index contributed by atoms with van der Waals surface area (Å²) in [6.07, 6.45) is 0. The number of rotatable bonds is 5. The fourth-order valence-corrected chi connectivity index (χ4v) is 3.80. The van der Waals surface area contributed by atoms with Gasteiger partial charge in [0.1, 0.15) is 23.9 Å². The molecule has 31 heavy (non-hydrogen) atoms. The molecule has 1 aromatic heterocycles. The molecule has 0 saturated carbocycles. The average Bonchev–Trinajstić information content (AvgIpc) is 3.28. The zero-order chi connectivity index (χ0) is 21.5. The summed E-state index contributed by atoms with van der Waals surface area (Å²) in [5.41, 5.74) is 1.78. The summed E-state index contributed by atoms with van der Waals surface area (Å²) in [6.45, 7) is 0.114. The third-order valence-corrected chi connectivity index (χ3v) is 5.40. The number of hydrogen-bond donors (Lipinski definition) is 0. The predicted molar refractivity (Wildman–Crippen MR) is 112 cm³/mol. The van der Waals surface area contributed by atoms with Crippen molar-refractivity contribution in [3.8, 4) is 17.0 Å².